The third-order valence-corrected chi connectivity index (χ3v) is 12.3. The number of amides is 1. The molecule has 0 unspecified atom stereocenters. The van der Waals surface area contributed by atoms with Gasteiger partial charge in [-0.25, -0.2) is 0 Å². The SMILES string of the molecule is C=CC(=O)N(C)CCC[Si](C)(O[Si](C)(C)C)O[Si](C)(C)C. The average molecular weight is 348 g/mol. The van der Waals surface area contributed by atoms with Crippen molar-refractivity contribution < 1.29 is 13.0 Å². The fraction of sp³-hybridized carbons (Fsp3) is 0.786. The Hall–Kier alpha value is -0.219. The minimum Gasteiger partial charge on any atom is -0.437 e. The molecule has 0 radical (unpaired) electrons. The minimum absolute atomic E-state index is 0.0319. The quantitative estimate of drug-likeness (QED) is 0.470. The molecule has 21 heavy (non-hydrogen) atoms. The van der Waals surface area contributed by atoms with E-state index in [2.05, 4.69) is 52.4 Å². The number of hydrogen-bond acceptors (Lipinski definition) is 3. The van der Waals surface area contributed by atoms with Crippen LogP contribution in [-0.4, -0.2) is 49.6 Å². The molecule has 0 bridgehead atoms. The maximum absolute atomic E-state index is 11.5. The lowest BCUT2D eigenvalue weighted by Crippen LogP contribution is -2.52. The molecule has 124 valence electrons. The Morgan fingerprint density at radius 3 is 1.81 bits per heavy atom. The first-order valence-corrected chi connectivity index (χ1v) is 16.9. The van der Waals surface area contributed by atoms with Crippen molar-refractivity contribution in [1.82, 2.24) is 4.90 Å². The molecule has 0 rings (SSSR count). The molecule has 0 aliphatic rings. The van der Waals surface area contributed by atoms with Crippen molar-refractivity contribution in [1.29, 1.82) is 0 Å². The van der Waals surface area contributed by atoms with Crippen LogP contribution in [0.5, 0.6) is 0 Å². The van der Waals surface area contributed by atoms with Crippen LogP contribution < -0.4 is 0 Å². The summed E-state index contributed by atoms with van der Waals surface area (Å²) in [5.41, 5.74) is 0. The number of rotatable bonds is 9. The molecule has 0 atom stereocenters. The third kappa shape index (κ3) is 10.2. The molecule has 1 amide bonds. The van der Waals surface area contributed by atoms with Gasteiger partial charge in [0, 0.05) is 13.6 Å². The van der Waals surface area contributed by atoms with Crippen molar-refractivity contribution in [3.8, 4) is 0 Å². The van der Waals surface area contributed by atoms with Crippen LogP contribution in [0.15, 0.2) is 12.7 Å². The van der Waals surface area contributed by atoms with E-state index < -0.39 is 25.2 Å². The van der Waals surface area contributed by atoms with E-state index in [4.69, 9.17) is 8.23 Å². The van der Waals surface area contributed by atoms with Gasteiger partial charge in [-0.3, -0.25) is 4.79 Å². The minimum atomic E-state index is -2.17. The number of nitrogens with zero attached hydrogens (tertiary/aromatic N) is 1. The van der Waals surface area contributed by atoms with E-state index in [0.717, 1.165) is 19.0 Å². The van der Waals surface area contributed by atoms with Gasteiger partial charge in [-0.05, 0) is 64.4 Å². The molecule has 0 heterocycles. The molecular weight excluding hydrogens is 314 g/mol. The van der Waals surface area contributed by atoms with Gasteiger partial charge < -0.3 is 13.1 Å². The second-order valence-electron chi connectivity index (χ2n) is 7.63. The van der Waals surface area contributed by atoms with Crippen LogP contribution in [0.3, 0.4) is 0 Å². The molecule has 0 aromatic carbocycles. The first-order valence-electron chi connectivity index (χ1n) is 7.56. The Labute approximate surface area is 134 Å². The van der Waals surface area contributed by atoms with Crippen molar-refractivity contribution in [3.05, 3.63) is 12.7 Å². The Morgan fingerprint density at radius 1 is 1.05 bits per heavy atom. The normalized spacial score (nSPS) is 13.1. The third-order valence-electron chi connectivity index (χ3n) is 2.72. The maximum atomic E-state index is 11.5. The van der Waals surface area contributed by atoms with Crippen LogP contribution in [0.25, 0.3) is 0 Å². The van der Waals surface area contributed by atoms with Gasteiger partial charge in [0.1, 0.15) is 0 Å². The van der Waals surface area contributed by atoms with Gasteiger partial charge in [0.25, 0.3) is 0 Å². The number of likely N-dealkylation sites (N-methyl/N-ethyl adjacent to an activating group) is 1. The summed E-state index contributed by atoms with van der Waals surface area (Å²) in [6, 6.07) is 0.927. The molecule has 0 aromatic rings. The first kappa shape index (κ1) is 20.8. The summed E-state index contributed by atoms with van der Waals surface area (Å²) in [4.78, 5) is 13.2. The fourth-order valence-corrected chi connectivity index (χ4v) is 14.8. The molecule has 0 spiro atoms. The highest BCUT2D eigenvalue weighted by molar-refractivity contribution is 6.87. The van der Waals surface area contributed by atoms with Crippen molar-refractivity contribution in [3.63, 3.8) is 0 Å². The Kier molecular flexibility index (Phi) is 7.78. The van der Waals surface area contributed by atoms with Crippen molar-refractivity contribution in [2.75, 3.05) is 13.6 Å². The zero-order chi connectivity index (χ0) is 16.9. The van der Waals surface area contributed by atoms with Crippen molar-refractivity contribution in [2.45, 2.75) is 58.3 Å². The molecule has 0 aliphatic heterocycles. The molecular formula is C14H33NO3Si3. The van der Waals surface area contributed by atoms with Crippen LogP contribution in [0.1, 0.15) is 6.42 Å². The lowest BCUT2D eigenvalue weighted by atomic mass is 10.4. The predicted octanol–water partition coefficient (Wildman–Crippen LogP) is 3.80. The number of hydrogen-bond donors (Lipinski definition) is 0. The standard InChI is InChI=1S/C14H33NO3Si3/c1-10-14(16)15(2)12-11-13-21(9,17-19(3,4)5)18-20(6,7)8/h10H,1,11-13H2,2-9H3. The Morgan fingerprint density at radius 2 is 1.48 bits per heavy atom. The van der Waals surface area contributed by atoms with Gasteiger partial charge in [0.2, 0.25) is 5.91 Å². The Balaban J connectivity index is 4.69. The molecule has 0 aliphatic carbocycles. The topological polar surface area (TPSA) is 38.8 Å². The van der Waals surface area contributed by atoms with E-state index in [1.165, 1.54) is 6.08 Å². The molecule has 7 heteroatoms. The van der Waals surface area contributed by atoms with Crippen LogP contribution in [0.2, 0.25) is 51.9 Å². The lowest BCUT2D eigenvalue weighted by molar-refractivity contribution is -0.124. The van der Waals surface area contributed by atoms with Gasteiger partial charge in [0.15, 0.2) is 16.6 Å². The Bertz CT molecular complexity index is 345. The monoisotopic (exact) mass is 347 g/mol. The van der Waals surface area contributed by atoms with Gasteiger partial charge in [-0.1, -0.05) is 6.58 Å². The van der Waals surface area contributed by atoms with E-state index >= 15 is 0 Å². The van der Waals surface area contributed by atoms with Crippen LogP contribution in [0, 0.1) is 0 Å². The largest absolute Gasteiger partial charge is 0.437 e. The first-order chi connectivity index (χ1) is 9.28. The summed E-state index contributed by atoms with van der Waals surface area (Å²) in [6.07, 6.45) is 2.27. The summed E-state index contributed by atoms with van der Waals surface area (Å²) in [5.74, 6) is -0.0319. The summed E-state index contributed by atoms with van der Waals surface area (Å²) in [6.45, 7) is 19.7. The molecule has 4 nitrogen and oxygen atoms in total. The van der Waals surface area contributed by atoms with E-state index in [9.17, 15) is 4.79 Å². The van der Waals surface area contributed by atoms with Gasteiger partial charge in [-0.15, -0.1) is 0 Å². The number of carbonyl (C=O) groups is 1. The predicted molar refractivity (Wildman–Crippen MR) is 97.7 cm³/mol. The van der Waals surface area contributed by atoms with Crippen molar-refractivity contribution >= 4 is 31.1 Å². The second-order valence-corrected chi connectivity index (χ2v) is 20.5. The highest BCUT2D eigenvalue weighted by Crippen LogP contribution is 2.25. The maximum Gasteiger partial charge on any atom is 0.314 e. The summed E-state index contributed by atoms with van der Waals surface area (Å²) >= 11 is 0. The van der Waals surface area contributed by atoms with E-state index in [1.54, 1.807) is 4.90 Å². The molecule has 0 fully saturated rings. The number of carbonyl (C=O) groups excluding carboxylic acids is 1. The molecule has 0 N–H and O–H groups in total. The zero-order valence-electron chi connectivity index (χ0n) is 15.1. The summed E-state index contributed by atoms with van der Waals surface area (Å²) < 4.78 is 12.9. The molecule has 0 aromatic heterocycles. The van der Waals surface area contributed by atoms with Crippen molar-refractivity contribution in [2.24, 2.45) is 0 Å². The second kappa shape index (κ2) is 7.87. The van der Waals surface area contributed by atoms with E-state index in [1.807, 2.05) is 7.05 Å². The van der Waals surface area contributed by atoms with E-state index in [0.29, 0.717) is 0 Å². The van der Waals surface area contributed by atoms with Gasteiger partial charge in [0.05, 0.1) is 0 Å². The van der Waals surface area contributed by atoms with Crippen LogP contribution >= 0.6 is 0 Å². The average Bonchev–Trinajstić information content (AvgIpc) is 2.21. The lowest BCUT2D eigenvalue weighted by Gasteiger charge is -2.38. The summed E-state index contributed by atoms with van der Waals surface area (Å²) in [7, 11) is -3.64. The van der Waals surface area contributed by atoms with Gasteiger partial charge in [-0.2, -0.15) is 0 Å². The van der Waals surface area contributed by atoms with E-state index in [-0.39, 0.29) is 5.91 Å². The smallest absolute Gasteiger partial charge is 0.314 e. The highest BCUT2D eigenvalue weighted by atomic mass is 28.5. The van der Waals surface area contributed by atoms with Crippen LogP contribution in [0.4, 0.5) is 0 Å². The fourth-order valence-electron chi connectivity index (χ4n) is 2.32. The zero-order valence-corrected chi connectivity index (χ0v) is 18.1. The van der Waals surface area contributed by atoms with Crippen LogP contribution in [-0.2, 0) is 13.0 Å². The summed E-state index contributed by atoms with van der Waals surface area (Å²) in [5, 5.41) is 0. The highest BCUT2D eigenvalue weighted by Gasteiger charge is 2.39. The molecule has 0 saturated carbocycles. The molecule has 0 saturated heterocycles. The van der Waals surface area contributed by atoms with Gasteiger partial charge >= 0.3 is 8.56 Å².